The van der Waals surface area contributed by atoms with Crippen LogP contribution in [0.25, 0.3) is 0 Å². The molecule has 2 unspecified atom stereocenters. The van der Waals surface area contributed by atoms with Crippen LogP contribution < -0.4 is 5.32 Å². The maximum atomic E-state index is 14.8. The molecule has 0 aromatic rings. The number of alkyl halides is 1. The van der Waals surface area contributed by atoms with E-state index >= 15 is 0 Å². The Morgan fingerprint density at radius 3 is 1.50 bits per heavy atom. The molecule has 242 valence electrons. The quantitative estimate of drug-likeness (QED) is 0.271. The zero-order chi connectivity index (χ0) is 36.7. The Balaban J connectivity index is 2.70. The van der Waals surface area contributed by atoms with Gasteiger partial charge in [-0.15, -0.1) is 26.3 Å². The van der Waals surface area contributed by atoms with Crippen molar-refractivity contribution in [2.75, 3.05) is 6.61 Å². The Bertz CT molecular complexity index is 2070. The molecule has 0 aromatic heterocycles. The van der Waals surface area contributed by atoms with Crippen LogP contribution in [0.4, 0.5) is 4.39 Å². The van der Waals surface area contributed by atoms with Crippen molar-refractivity contribution in [3.8, 4) is 142 Å². The number of amides is 1. The zero-order valence-electron chi connectivity index (χ0n) is 27.9. The van der Waals surface area contributed by atoms with E-state index in [1.807, 2.05) is 12.2 Å². The number of ether oxygens (including phenoxy) is 2. The van der Waals surface area contributed by atoms with E-state index in [4.69, 9.17) is 9.47 Å². The molecule has 1 aliphatic heterocycles. The summed E-state index contributed by atoms with van der Waals surface area (Å²) in [5.74, 6) is 58.6. The molecule has 1 fully saturated rings. The summed E-state index contributed by atoms with van der Waals surface area (Å²) < 4.78 is 27.0. The summed E-state index contributed by atoms with van der Waals surface area (Å²) in [6.07, 6.45) is 5.52. The Labute approximate surface area is 297 Å². The van der Waals surface area contributed by atoms with Crippen LogP contribution in [0.1, 0.15) is 26.7 Å². The second-order valence-electron chi connectivity index (χ2n) is 9.47. The summed E-state index contributed by atoms with van der Waals surface area (Å²) in [5, 5.41) is 2.56. The molecule has 0 bridgehead atoms. The lowest BCUT2D eigenvalue weighted by Gasteiger charge is -2.44. The molecule has 1 aliphatic rings. The van der Waals surface area contributed by atoms with Crippen LogP contribution in [0.2, 0.25) is 0 Å². The van der Waals surface area contributed by atoms with Gasteiger partial charge < -0.3 is 14.8 Å². The lowest BCUT2D eigenvalue weighted by atomic mass is 9.75. The number of hydrogen-bond donors (Lipinski definition) is 1. The van der Waals surface area contributed by atoms with Crippen LogP contribution >= 0.6 is 0 Å². The van der Waals surface area contributed by atoms with Crippen molar-refractivity contribution >= 4 is 5.91 Å². The average molecular weight is 654 g/mol. The molecule has 0 aliphatic carbocycles. The van der Waals surface area contributed by atoms with E-state index in [0.29, 0.717) is 6.42 Å². The topological polar surface area (TPSA) is 47.6 Å². The average Bonchev–Trinajstić information content (AvgIpc) is 3.12. The smallest absolute Gasteiger partial charge is 0.297 e. The van der Waals surface area contributed by atoms with E-state index in [-0.39, 0.29) is 36.9 Å². The second-order valence-corrected chi connectivity index (χ2v) is 9.47. The Kier molecular flexibility index (Phi) is 22.3. The van der Waals surface area contributed by atoms with Crippen LogP contribution in [0.15, 0.2) is 50.6 Å². The van der Waals surface area contributed by atoms with E-state index in [0.717, 1.165) is 0 Å². The Morgan fingerprint density at radius 2 is 1.12 bits per heavy atom. The van der Waals surface area contributed by atoms with Gasteiger partial charge in [-0.25, -0.2) is 4.39 Å². The van der Waals surface area contributed by atoms with Crippen LogP contribution in [0.5, 0.6) is 0 Å². The predicted molar refractivity (Wildman–Crippen MR) is 197 cm³/mol. The standard InChI is InChI=1S/C45H32FNO3/c1-7-13-14-15-16-17-18-19-20-21-22-23-24-25-26-27-28-29-30-31-32-33-34-36-44(48)47-42(41(46)12-6)37-49-45-40(11-5)38(9-3)39(10-4)43(50-45)35-8-2/h8-11,38-43,45H,2-5,12,35,37H2,1,6H3,(H,47,48)/t38-,39+,40?,41+,42-,43?,45-/m0/s1. The lowest BCUT2D eigenvalue weighted by molar-refractivity contribution is -0.236. The van der Waals surface area contributed by atoms with Gasteiger partial charge in [0, 0.05) is 53.3 Å². The molecule has 1 heterocycles. The van der Waals surface area contributed by atoms with Gasteiger partial charge in [0.15, 0.2) is 6.29 Å². The Hall–Kier alpha value is -7.00. The number of carbonyl (C=O) groups excluding carboxylic acids is 1. The van der Waals surface area contributed by atoms with Gasteiger partial charge in [0.25, 0.3) is 5.91 Å². The first-order valence-corrected chi connectivity index (χ1v) is 15.1. The van der Waals surface area contributed by atoms with Crippen molar-refractivity contribution in [1.82, 2.24) is 5.32 Å². The normalized spacial score (nSPS) is 17.9. The van der Waals surface area contributed by atoms with Gasteiger partial charge in [0.2, 0.25) is 0 Å². The number of allylic oxidation sites excluding steroid dienone is 1. The molecule has 0 aromatic carbocycles. The molecule has 5 heteroatoms. The molecule has 0 saturated carbocycles. The highest BCUT2D eigenvalue weighted by molar-refractivity contribution is 5.94. The molecule has 1 saturated heterocycles. The summed E-state index contributed by atoms with van der Waals surface area (Å²) in [7, 11) is 0. The number of nitrogens with one attached hydrogen (secondary N) is 1. The predicted octanol–water partition coefficient (Wildman–Crippen LogP) is 4.00. The van der Waals surface area contributed by atoms with Gasteiger partial charge in [0.05, 0.1) is 18.8 Å². The first-order chi connectivity index (χ1) is 24.5. The van der Waals surface area contributed by atoms with Crippen molar-refractivity contribution in [2.45, 2.75) is 51.3 Å². The van der Waals surface area contributed by atoms with E-state index in [1.54, 1.807) is 26.0 Å². The molecule has 1 N–H and O–H groups in total. The maximum Gasteiger partial charge on any atom is 0.297 e. The minimum Gasteiger partial charge on any atom is -0.350 e. The van der Waals surface area contributed by atoms with Crippen molar-refractivity contribution in [2.24, 2.45) is 17.8 Å². The van der Waals surface area contributed by atoms with Crippen molar-refractivity contribution in [1.29, 1.82) is 0 Å². The molecule has 0 spiro atoms. The minimum absolute atomic E-state index is 0.0225. The molecule has 4 nitrogen and oxygen atoms in total. The van der Waals surface area contributed by atoms with Gasteiger partial charge in [-0.05, 0) is 120 Å². The largest absolute Gasteiger partial charge is 0.350 e. The maximum absolute atomic E-state index is 14.8. The van der Waals surface area contributed by atoms with Gasteiger partial charge in [-0.3, -0.25) is 4.79 Å². The molecular formula is C45H32FNO3. The van der Waals surface area contributed by atoms with Gasteiger partial charge in [-0.2, -0.15) is 0 Å². The number of hydrogen-bond acceptors (Lipinski definition) is 3. The first-order valence-electron chi connectivity index (χ1n) is 15.1. The zero-order valence-corrected chi connectivity index (χ0v) is 27.9. The third-order valence-corrected chi connectivity index (χ3v) is 6.35. The molecule has 0 radical (unpaired) electrons. The fourth-order valence-corrected chi connectivity index (χ4v) is 4.16. The summed E-state index contributed by atoms with van der Waals surface area (Å²) in [6.45, 7) is 18.8. The highest BCUT2D eigenvalue weighted by Gasteiger charge is 2.42. The minimum atomic E-state index is -1.38. The van der Waals surface area contributed by atoms with Crippen LogP contribution in [0, 0.1) is 160 Å². The van der Waals surface area contributed by atoms with Crippen molar-refractivity contribution < 1.29 is 18.7 Å². The first kappa shape index (κ1) is 41.0. The lowest BCUT2D eigenvalue weighted by Crippen LogP contribution is -2.50. The second kappa shape index (κ2) is 27.1. The van der Waals surface area contributed by atoms with Gasteiger partial charge >= 0.3 is 0 Å². The van der Waals surface area contributed by atoms with Gasteiger partial charge in [-0.1, -0.05) is 37.1 Å². The molecule has 50 heavy (non-hydrogen) atoms. The number of carbonyl (C=O) groups is 1. The Morgan fingerprint density at radius 1 is 0.700 bits per heavy atom. The van der Waals surface area contributed by atoms with E-state index in [9.17, 15) is 9.18 Å². The molecule has 1 amide bonds. The third kappa shape index (κ3) is 17.1. The van der Waals surface area contributed by atoms with E-state index in [1.165, 1.54) is 0 Å². The molecular weight excluding hydrogens is 621 g/mol. The molecule has 1 rings (SSSR count). The summed E-state index contributed by atoms with van der Waals surface area (Å²) in [4.78, 5) is 12.4. The summed E-state index contributed by atoms with van der Waals surface area (Å²) in [6, 6.07) is -0.967. The fourth-order valence-electron chi connectivity index (χ4n) is 4.16. The van der Waals surface area contributed by atoms with Crippen LogP contribution in [0.3, 0.4) is 0 Å². The van der Waals surface area contributed by atoms with Crippen LogP contribution in [-0.2, 0) is 14.3 Å². The van der Waals surface area contributed by atoms with Crippen LogP contribution in [-0.4, -0.2) is 37.1 Å². The van der Waals surface area contributed by atoms with Gasteiger partial charge in [0.1, 0.15) is 6.17 Å². The number of halogens is 1. The molecule has 7 atom stereocenters. The summed E-state index contributed by atoms with van der Waals surface area (Å²) >= 11 is 0. The van der Waals surface area contributed by atoms with E-state index < -0.39 is 24.4 Å². The summed E-state index contributed by atoms with van der Waals surface area (Å²) in [5.41, 5.74) is 0. The highest BCUT2D eigenvalue weighted by Crippen LogP contribution is 2.39. The van der Waals surface area contributed by atoms with Crippen molar-refractivity contribution in [3.63, 3.8) is 0 Å². The monoisotopic (exact) mass is 653 g/mol. The fraction of sp³-hybridized carbons (Fsp3) is 0.267. The number of rotatable bonds is 11. The SMILES string of the molecule is C=CCC1O[C@H](OC[C@H](NC(=O)C#CC#CC#CC#CC#CC#CC#CC#CC#CC#CC#CC#CC)[C@H](F)CC)C(C=C)[C@@H](C=C)[C@H]1C=C. The highest BCUT2D eigenvalue weighted by atomic mass is 19.1. The van der Waals surface area contributed by atoms with E-state index in [2.05, 4.69) is 174 Å². The van der Waals surface area contributed by atoms with Crippen molar-refractivity contribution in [3.05, 3.63) is 50.6 Å². The third-order valence-electron chi connectivity index (χ3n) is 6.35.